The van der Waals surface area contributed by atoms with Crippen molar-refractivity contribution in [2.45, 2.75) is 19.1 Å². The third kappa shape index (κ3) is 3.56. The van der Waals surface area contributed by atoms with E-state index in [1.165, 1.54) is 0 Å². The number of benzene rings is 2. The van der Waals surface area contributed by atoms with Crippen molar-refractivity contribution in [1.29, 1.82) is 0 Å². The molecule has 0 saturated carbocycles. The maximum Gasteiger partial charge on any atom is 0.119 e. The summed E-state index contributed by atoms with van der Waals surface area (Å²) < 4.78 is 5.68. The second kappa shape index (κ2) is 5.87. The van der Waals surface area contributed by atoms with Gasteiger partial charge in [-0.15, -0.1) is 0 Å². The van der Waals surface area contributed by atoms with Gasteiger partial charge in [0.05, 0.1) is 5.60 Å². The molecule has 0 aliphatic carbocycles. The zero-order valence-corrected chi connectivity index (χ0v) is 11.0. The summed E-state index contributed by atoms with van der Waals surface area (Å²) in [6.45, 7) is 2.43. The summed E-state index contributed by atoms with van der Waals surface area (Å²) in [6.07, 6.45) is 0. The van der Waals surface area contributed by atoms with Gasteiger partial charge in [-0.25, -0.2) is 0 Å². The molecule has 100 valence electrons. The first-order valence-corrected chi connectivity index (χ1v) is 6.31. The Labute approximate surface area is 113 Å². The van der Waals surface area contributed by atoms with Crippen LogP contribution in [-0.4, -0.2) is 11.7 Å². The molecule has 0 unspecified atom stereocenters. The Kier molecular flexibility index (Phi) is 4.20. The van der Waals surface area contributed by atoms with Crippen molar-refractivity contribution in [3.63, 3.8) is 0 Å². The van der Waals surface area contributed by atoms with E-state index in [0.29, 0.717) is 6.61 Å². The van der Waals surface area contributed by atoms with Gasteiger partial charge < -0.3 is 15.6 Å². The molecule has 0 aromatic heterocycles. The van der Waals surface area contributed by atoms with Gasteiger partial charge in [0.1, 0.15) is 12.4 Å². The molecule has 0 heterocycles. The molecule has 2 rings (SSSR count). The highest BCUT2D eigenvalue weighted by Gasteiger charge is 2.20. The summed E-state index contributed by atoms with van der Waals surface area (Å²) in [5, 5.41) is 10.0. The summed E-state index contributed by atoms with van der Waals surface area (Å²) in [5.74, 6) is 0.778. The van der Waals surface area contributed by atoms with Gasteiger partial charge in [0.2, 0.25) is 0 Å². The van der Waals surface area contributed by atoms with Gasteiger partial charge in [0.15, 0.2) is 0 Å². The molecular weight excluding hydrogens is 238 g/mol. The minimum atomic E-state index is -0.988. The zero-order valence-electron chi connectivity index (χ0n) is 11.0. The fourth-order valence-electron chi connectivity index (χ4n) is 1.77. The predicted molar refractivity (Wildman–Crippen MR) is 75.8 cm³/mol. The van der Waals surface area contributed by atoms with Crippen LogP contribution in [-0.2, 0) is 12.2 Å². The van der Waals surface area contributed by atoms with Crippen LogP contribution in [0.1, 0.15) is 18.1 Å². The molecule has 0 fully saturated rings. The van der Waals surface area contributed by atoms with Gasteiger partial charge in [0.25, 0.3) is 0 Å². The highest BCUT2D eigenvalue weighted by atomic mass is 16.5. The SMILES string of the molecule is C[C@@](O)(CN)c1ccc(OCc2ccccc2)cc1. The Morgan fingerprint density at radius 1 is 1.05 bits per heavy atom. The molecule has 3 nitrogen and oxygen atoms in total. The normalized spacial score (nSPS) is 13.8. The molecule has 3 N–H and O–H groups in total. The van der Waals surface area contributed by atoms with Crippen molar-refractivity contribution >= 4 is 0 Å². The lowest BCUT2D eigenvalue weighted by molar-refractivity contribution is 0.0668. The Hall–Kier alpha value is -1.84. The molecule has 0 bridgehead atoms. The number of aliphatic hydroxyl groups is 1. The number of ether oxygens (including phenoxy) is 1. The number of hydrogen-bond donors (Lipinski definition) is 2. The average Bonchev–Trinajstić information content (AvgIpc) is 2.47. The first-order valence-electron chi connectivity index (χ1n) is 6.31. The molecule has 2 aromatic rings. The third-order valence-electron chi connectivity index (χ3n) is 3.12. The topological polar surface area (TPSA) is 55.5 Å². The lowest BCUT2D eigenvalue weighted by atomic mass is 9.96. The monoisotopic (exact) mass is 257 g/mol. The summed E-state index contributed by atoms with van der Waals surface area (Å²) in [6, 6.07) is 17.4. The number of nitrogens with two attached hydrogens (primary N) is 1. The molecular formula is C16H19NO2. The van der Waals surface area contributed by atoms with Gasteiger partial charge in [0, 0.05) is 6.54 Å². The van der Waals surface area contributed by atoms with Crippen LogP contribution in [0.15, 0.2) is 54.6 Å². The molecule has 2 aromatic carbocycles. The van der Waals surface area contributed by atoms with Crippen molar-refractivity contribution in [3.8, 4) is 5.75 Å². The lowest BCUT2D eigenvalue weighted by Crippen LogP contribution is -2.31. The Bertz CT molecular complexity index is 506. The van der Waals surface area contributed by atoms with E-state index in [1.807, 2.05) is 54.6 Å². The molecule has 1 atom stereocenters. The summed E-state index contributed by atoms with van der Waals surface area (Å²) >= 11 is 0. The van der Waals surface area contributed by atoms with E-state index in [-0.39, 0.29) is 6.54 Å². The number of hydrogen-bond acceptors (Lipinski definition) is 3. The third-order valence-corrected chi connectivity index (χ3v) is 3.12. The molecule has 3 heteroatoms. The highest BCUT2D eigenvalue weighted by Crippen LogP contribution is 2.22. The van der Waals surface area contributed by atoms with Crippen LogP contribution in [0.2, 0.25) is 0 Å². The smallest absolute Gasteiger partial charge is 0.119 e. The summed E-state index contributed by atoms with van der Waals surface area (Å²) in [5.41, 5.74) is 6.46. The maximum absolute atomic E-state index is 10.0. The van der Waals surface area contributed by atoms with Gasteiger partial charge in [-0.05, 0) is 30.2 Å². The first-order chi connectivity index (χ1) is 9.12. The minimum Gasteiger partial charge on any atom is -0.489 e. The van der Waals surface area contributed by atoms with Crippen LogP contribution >= 0.6 is 0 Å². The molecule has 0 saturated heterocycles. The molecule has 0 radical (unpaired) electrons. The van der Waals surface area contributed by atoms with Crippen molar-refractivity contribution < 1.29 is 9.84 Å². The van der Waals surface area contributed by atoms with Crippen LogP contribution in [0.4, 0.5) is 0 Å². The van der Waals surface area contributed by atoms with Crippen LogP contribution in [0.25, 0.3) is 0 Å². The standard InChI is InChI=1S/C16H19NO2/c1-16(18,12-17)14-7-9-15(10-8-14)19-11-13-5-3-2-4-6-13/h2-10,18H,11-12,17H2,1H3/t16-/m1/s1. The van der Waals surface area contributed by atoms with Crippen LogP contribution < -0.4 is 10.5 Å². The molecule has 19 heavy (non-hydrogen) atoms. The Morgan fingerprint density at radius 2 is 1.68 bits per heavy atom. The fraction of sp³-hybridized carbons (Fsp3) is 0.250. The lowest BCUT2D eigenvalue weighted by Gasteiger charge is -2.21. The van der Waals surface area contributed by atoms with E-state index < -0.39 is 5.60 Å². The molecule has 0 amide bonds. The number of rotatable bonds is 5. The summed E-state index contributed by atoms with van der Waals surface area (Å²) in [4.78, 5) is 0. The second-order valence-electron chi connectivity index (χ2n) is 4.78. The van der Waals surface area contributed by atoms with Crippen LogP contribution in [0.3, 0.4) is 0 Å². The van der Waals surface area contributed by atoms with Gasteiger partial charge in [-0.2, -0.15) is 0 Å². The highest BCUT2D eigenvalue weighted by molar-refractivity contribution is 5.31. The molecule has 0 spiro atoms. The van der Waals surface area contributed by atoms with Crippen LogP contribution in [0, 0.1) is 0 Å². The quantitative estimate of drug-likeness (QED) is 0.865. The van der Waals surface area contributed by atoms with Crippen LogP contribution in [0.5, 0.6) is 5.75 Å². The van der Waals surface area contributed by atoms with Crippen molar-refractivity contribution in [2.75, 3.05) is 6.54 Å². The van der Waals surface area contributed by atoms with E-state index in [2.05, 4.69) is 0 Å². The second-order valence-corrected chi connectivity index (χ2v) is 4.78. The van der Waals surface area contributed by atoms with Crippen molar-refractivity contribution in [3.05, 3.63) is 65.7 Å². The largest absolute Gasteiger partial charge is 0.489 e. The predicted octanol–water partition coefficient (Wildman–Crippen LogP) is 2.43. The van der Waals surface area contributed by atoms with E-state index in [1.54, 1.807) is 6.92 Å². The Morgan fingerprint density at radius 3 is 2.26 bits per heavy atom. The maximum atomic E-state index is 10.0. The Balaban J connectivity index is 2.00. The molecule has 0 aliphatic rings. The molecule has 0 aliphatic heterocycles. The summed E-state index contributed by atoms with van der Waals surface area (Å²) in [7, 11) is 0. The minimum absolute atomic E-state index is 0.192. The van der Waals surface area contributed by atoms with Gasteiger partial charge in [-0.3, -0.25) is 0 Å². The zero-order chi connectivity index (χ0) is 13.7. The van der Waals surface area contributed by atoms with Gasteiger partial charge in [-0.1, -0.05) is 42.5 Å². The van der Waals surface area contributed by atoms with Gasteiger partial charge >= 0.3 is 0 Å². The van der Waals surface area contributed by atoms with E-state index in [0.717, 1.165) is 16.9 Å². The van der Waals surface area contributed by atoms with E-state index in [9.17, 15) is 5.11 Å². The van der Waals surface area contributed by atoms with Crippen molar-refractivity contribution in [2.24, 2.45) is 5.73 Å². The average molecular weight is 257 g/mol. The van der Waals surface area contributed by atoms with E-state index >= 15 is 0 Å². The first kappa shape index (κ1) is 13.6. The fourth-order valence-corrected chi connectivity index (χ4v) is 1.77. The van der Waals surface area contributed by atoms with E-state index in [4.69, 9.17) is 10.5 Å². The van der Waals surface area contributed by atoms with Crippen molar-refractivity contribution in [1.82, 2.24) is 0 Å².